The molecule has 1 aliphatic heterocycles. The molecule has 0 unspecified atom stereocenters. The molecule has 0 N–H and O–H groups in total. The van der Waals surface area contributed by atoms with Crippen molar-refractivity contribution in [2.75, 3.05) is 31.1 Å². The summed E-state index contributed by atoms with van der Waals surface area (Å²) in [5.74, 6) is -0.188. The first-order valence-electron chi connectivity index (χ1n) is 10.5. The Hall–Kier alpha value is -2.73. The molecule has 1 aromatic carbocycles. The maximum absolute atomic E-state index is 15.0. The molecule has 1 aliphatic carbocycles. The second kappa shape index (κ2) is 7.59. The Labute approximate surface area is 170 Å². The van der Waals surface area contributed by atoms with Gasteiger partial charge in [0.1, 0.15) is 5.82 Å². The molecule has 1 saturated heterocycles. The average molecular weight is 391 g/mol. The predicted molar refractivity (Wildman–Crippen MR) is 115 cm³/mol. The fraction of sp³-hybridized carbons (Fsp3) is 0.391. The Balaban J connectivity index is 1.36. The quantitative estimate of drug-likeness (QED) is 0.667. The van der Waals surface area contributed by atoms with Crippen LogP contribution in [0.4, 0.5) is 10.1 Å². The summed E-state index contributed by atoms with van der Waals surface area (Å²) in [6, 6.07) is 9.97. The highest BCUT2D eigenvalue weighted by Crippen LogP contribution is 2.29. The third kappa shape index (κ3) is 3.42. The minimum Gasteiger partial charge on any atom is -0.367 e. The van der Waals surface area contributed by atoms with Crippen molar-refractivity contribution in [3.8, 4) is 11.3 Å². The Bertz CT molecular complexity index is 1030. The zero-order valence-corrected chi connectivity index (χ0v) is 16.6. The van der Waals surface area contributed by atoms with Gasteiger partial charge < -0.3 is 4.90 Å². The minimum atomic E-state index is -0.188. The number of anilines is 1. The number of halogens is 1. The number of imidazole rings is 1. The molecular formula is C23H26FN5. The van der Waals surface area contributed by atoms with Crippen molar-refractivity contribution in [2.24, 2.45) is 0 Å². The van der Waals surface area contributed by atoms with Gasteiger partial charge in [0.25, 0.3) is 0 Å². The standard InChI is InChI=1S/C23H26FN5/c1-2-18-8-10-23-25-16-22(29(23)26-18)17-7-9-21(20(24)15-17)28-13-11-27(12-14-28)19-5-3-4-6-19/h2,7-10,15-16,19H,1,3-6,11-14H2. The van der Waals surface area contributed by atoms with Crippen LogP contribution in [0.15, 0.2) is 43.1 Å². The van der Waals surface area contributed by atoms with Gasteiger partial charge in [0.2, 0.25) is 0 Å². The molecule has 5 rings (SSSR count). The van der Waals surface area contributed by atoms with E-state index in [0.717, 1.165) is 54.8 Å². The van der Waals surface area contributed by atoms with Crippen molar-refractivity contribution in [3.05, 3.63) is 54.6 Å². The summed E-state index contributed by atoms with van der Waals surface area (Å²) in [4.78, 5) is 9.15. The molecule has 29 heavy (non-hydrogen) atoms. The van der Waals surface area contributed by atoms with Crippen LogP contribution in [0.5, 0.6) is 0 Å². The van der Waals surface area contributed by atoms with Crippen LogP contribution in [-0.2, 0) is 0 Å². The summed E-state index contributed by atoms with van der Waals surface area (Å²) in [5.41, 5.74) is 3.73. The number of aromatic nitrogens is 3. The van der Waals surface area contributed by atoms with Crippen molar-refractivity contribution < 1.29 is 4.39 Å². The fourth-order valence-corrected chi connectivity index (χ4v) is 4.71. The molecule has 2 aromatic heterocycles. The molecule has 2 fully saturated rings. The van der Waals surface area contributed by atoms with E-state index in [2.05, 4.69) is 26.5 Å². The Morgan fingerprint density at radius 2 is 1.83 bits per heavy atom. The van der Waals surface area contributed by atoms with Gasteiger partial charge in [-0.25, -0.2) is 13.9 Å². The van der Waals surface area contributed by atoms with Crippen LogP contribution in [0, 0.1) is 5.82 Å². The summed E-state index contributed by atoms with van der Waals surface area (Å²) in [7, 11) is 0. The third-order valence-corrected chi connectivity index (χ3v) is 6.33. The summed E-state index contributed by atoms with van der Waals surface area (Å²) in [5, 5.41) is 4.52. The van der Waals surface area contributed by atoms with E-state index in [1.54, 1.807) is 22.9 Å². The first-order chi connectivity index (χ1) is 14.2. The summed E-state index contributed by atoms with van der Waals surface area (Å²) in [6.45, 7) is 7.57. The average Bonchev–Trinajstić information content (AvgIpc) is 3.43. The van der Waals surface area contributed by atoms with Crippen LogP contribution in [-0.4, -0.2) is 51.7 Å². The monoisotopic (exact) mass is 391 g/mol. The Kier molecular flexibility index (Phi) is 4.79. The maximum atomic E-state index is 15.0. The van der Waals surface area contributed by atoms with Crippen LogP contribution in [0.3, 0.4) is 0 Å². The highest BCUT2D eigenvalue weighted by atomic mass is 19.1. The number of nitrogens with zero attached hydrogens (tertiary/aromatic N) is 5. The Morgan fingerprint density at radius 3 is 2.55 bits per heavy atom. The molecule has 0 spiro atoms. The molecular weight excluding hydrogens is 365 g/mol. The molecule has 0 atom stereocenters. The van der Waals surface area contributed by atoms with Gasteiger partial charge in [-0.1, -0.05) is 25.5 Å². The molecule has 2 aliphatic rings. The van der Waals surface area contributed by atoms with Crippen molar-refractivity contribution in [3.63, 3.8) is 0 Å². The van der Waals surface area contributed by atoms with Crippen molar-refractivity contribution in [2.45, 2.75) is 31.7 Å². The number of benzene rings is 1. The lowest BCUT2D eigenvalue weighted by atomic mass is 10.1. The van der Waals surface area contributed by atoms with Gasteiger partial charge in [0, 0.05) is 37.8 Å². The van der Waals surface area contributed by atoms with Crippen LogP contribution in [0.1, 0.15) is 31.4 Å². The van der Waals surface area contributed by atoms with Gasteiger partial charge in [-0.05, 0) is 43.2 Å². The van der Waals surface area contributed by atoms with E-state index < -0.39 is 0 Å². The van der Waals surface area contributed by atoms with E-state index in [4.69, 9.17) is 0 Å². The topological polar surface area (TPSA) is 36.7 Å². The lowest BCUT2D eigenvalue weighted by Crippen LogP contribution is -2.50. The fourth-order valence-electron chi connectivity index (χ4n) is 4.71. The van der Waals surface area contributed by atoms with Gasteiger partial charge in [0.05, 0.1) is 23.3 Å². The minimum absolute atomic E-state index is 0.188. The molecule has 1 saturated carbocycles. The number of piperazine rings is 1. The smallest absolute Gasteiger partial charge is 0.154 e. The Morgan fingerprint density at radius 1 is 1.03 bits per heavy atom. The van der Waals surface area contributed by atoms with Crippen molar-refractivity contribution in [1.82, 2.24) is 19.5 Å². The molecule has 6 heteroatoms. The van der Waals surface area contributed by atoms with Crippen LogP contribution in [0.2, 0.25) is 0 Å². The molecule has 0 radical (unpaired) electrons. The van der Waals surface area contributed by atoms with E-state index >= 15 is 4.39 Å². The first-order valence-corrected chi connectivity index (χ1v) is 10.5. The highest BCUT2D eigenvalue weighted by Gasteiger charge is 2.27. The second-order valence-corrected chi connectivity index (χ2v) is 8.00. The van der Waals surface area contributed by atoms with Crippen LogP contribution >= 0.6 is 0 Å². The zero-order chi connectivity index (χ0) is 19.8. The van der Waals surface area contributed by atoms with E-state index in [-0.39, 0.29) is 5.82 Å². The third-order valence-electron chi connectivity index (χ3n) is 6.33. The van der Waals surface area contributed by atoms with Crippen LogP contribution < -0.4 is 4.90 Å². The van der Waals surface area contributed by atoms with Gasteiger partial charge >= 0.3 is 0 Å². The summed E-state index contributed by atoms with van der Waals surface area (Å²) < 4.78 is 16.8. The molecule has 5 nitrogen and oxygen atoms in total. The van der Waals surface area contributed by atoms with E-state index in [9.17, 15) is 0 Å². The van der Waals surface area contributed by atoms with E-state index in [1.165, 1.54) is 25.7 Å². The van der Waals surface area contributed by atoms with Crippen molar-refractivity contribution >= 4 is 17.4 Å². The van der Waals surface area contributed by atoms with Gasteiger partial charge in [-0.3, -0.25) is 4.90 Å². The summed E-state index contributed by atoms with van der Waals surface area (Å²) in [6.07, 6.45) is 8.79. The van der Waals surface area contributed by atoms with Gasteiger partial charge in [0.15, 0.2) is 5.65 Å². The number of hydrogen-bond acceptors (Lipinski definition) is 4. The maximum Gasteiger partial charge on any atom is 0.154 e. The normalized spacial score (nSPS) is 18.6. The SMILES string of the molecule is C=Cc1ccc2ncc(-c3ccc(N4CCN(C5CCCC5)CC4)c(F)c3)n2n1. The van der Waals surface area contributed by atoms with E-state index in [0.29, 0.717) is 5.69 Å². The summed E-state index contributed by atoms with van der Waals surface area (Å²) >= 11 is 0. The van der Waals surface area contributed by atoms with Gasteiger partial charge in [-0.15, -0.1) is 0 Å². The lowest BCUT2D eigenvalue weighted by molar-refractivity contribution is 0.187. The largest absolute Gasteiger partial charge is 0.367 e. The highest BCUT2D eigenvalue weighted by molar-refractivity contribution is 5.66. The van der Waals surface area contributed by atoms with Crippen molar-refractivity contribution in [1.29, 1.82) is 0 Å². The predicted octanol–water partition coefficient (Wildman–Crippen LogP) is 4.24. The number of fused-ring (bicyclic) bond motifs is 1. The number of hydrogen-bond donors (Lipinski definition) is 0. The molecule has 150 valence electrons. The molecule has 3 heterocycles. The lowest BCUT2D eigenvalue weighted by Gasteiger charge is -2.39. The zero-order valence-electron chi connectivity index (χ0n) is 16.6. The van der Waals surface area contributed by atoms with E-state index in [1.807, 2.05) is 24.3 Å². The second-order valence-electron chi connectivity index (χ2n) is 8.00. The molecule has 3 aromatic rings. The van der Waals surface area contributed by atoms with Crippen LogP contribution in [0.25, 0.3) is 23.0 Å². The van der Waals surface area contributed by atoms with Gasteiger partial charge in [-0.2, -0.15) is 5.10 Å². The molecule has 0 amide bonds. The molecule has 0 bridgehead atoms. The first kappa shape index (κ1) is 18.3. The number of rotatable bonds is 4.